The first-order chi connectivity index (χ1) is 26.8. The van der Waals surface area contributed by atoms with Crippen LogP contribution in [0, 0.1) is 0 Å². The molecule has 0 bridgehead atoms. The van der Waals surface area contributed by atoms with Gasteiger partial charge in [-0.3, -0.25) is 0 Å². The summed E-state index contributed by atoms with van der Waals surface area (Å²) in [4.78, 5) is 4.68. The minimum Gasteiger partial charge on any atom is -0.311 e. The molecule has 2 heteroatoms. The van der Waals surface area contributed by atoms with Gasteiger partial charge in [0, 0.05) is 33.8 Å². The van der Waals surface area contributed by atoms with Crippen molar-refractivity contribution < 1.29 is 0 Å². The Bertz CT molecular complexity index is 2510. The minimum absolute atomic E-state index is 1.10. The zero-order chi connectivity index (χ0) is 36.1. The largest absolute Gasteiger partial charge is 0.311 e. The lowest BCUT2D eigenvalue weighted by atomic mass is 10.0. The van der Waals surface area contributed by atoms with E-state index in [0.717, 1.165) is 34.1 Å². The zero-order valence-corrected chi connectivity index (χ0v) is 29.8. The van der Waals surface area contributed by atoms with Gasteiger partial charge in [0.05, 0.1) is 5.69 Å². The first kappa shape index (κ1) is 32.7. The Hall–Kier alpha value is -7.16. The van der Waals surface area contributed by atoms with Crippen molar-refractivity contribution in [2.75, 3.05) is 9.80 Å². The number of hydrogen-bond acceptors (Lipinski definition) is 2. The van der Waals surface area contributed by atoms with Crippen LogP contribution in [0.5, 0.6) is 0 Å². The van der Waals surface area contributed by atoms with Gasteiger partial charge in [-0.2, -0.15) is 0 Å². The van der Waals surface area contributed by atoms with Gasteiger partial charge in [0.15, 0.2) is 0 Å². The maximum absolute atomic E-state index is 2.35. The minimum atomic E-state index is 1.10. The van der Waals surface area contributed by atoms with Crippen LogP contribution >= 0.6 is 0 Å². The summed E-state index contributed by atoms with van der Waals surface area (Å²) < 4.78 is 0. The topological polar surface area (TPSA) is 6.48 Å². The molecule has 0 radical (unpaired) electrons. The van der Waals surface area contributed by atoms with E-state index in [1.54, 1.807) is 0 Å². The quantitative estimate of drug-likeness (QED) is 0.149. The van der Waals surface area contributed by atoms with E-state index in [-0.39, 0.29) is 0 Å². The van der Waals surface area contributed by atoms with Crippen LogP contribution in [-0.4, -0.2) is 0 Å². The van der Waals surface area contributed by atoms with Crippen molar-refractivity contribution in [2.45, 2.75) is 0 Å². The molecule has 0 saturated heterocycles. The van der Waals surface area contributed by atoms with E-state index in [1.807, 2.05) is 0 Å². The fourth-order valence-electron chi connectivity index (χ4n) is 7.33. The molecule has 9 rings (SSSR count). The lowest BCUT2D eigenvalue weighted by Crippen LogP contribution is -2.10. The van der Waals surface area contributed by atoms with Crippen LogP contribution in [0.2, 0.25) is 0 Å². The second-order valence-electron chi connectivity index (χ2n) is 13.4. The lowest BCUT2D eigenvalue weighted by molar-refractivity contribution is 1.28. The van der Waals surface area contributed by atoms with Crippen molar-refractivity contribution in [3.05, 3.63) is 231 Å². The van der Waals surface area contributed by atoms with E-state index in [1.165, 1.54) is 44.2 Å². The van der Waals surface area contributed by atoms with E-state index < -0.39 is 0 Å². The molecule has 0 N–H and O–H groups in total. The molecule has 256 valence electrons. The molecule has 9 aromatic carbocycles. The van der Waals surface area contributed by atoms with Crippen molar-refractivity contribution in [2.24, 2.45) is 0 Å². The molecule has 0 atom stereocenters. The van der Waals surface area contributed by atoms with Crippen molar-refractivity contribution >= 4 is 44.9 Å². The number of fused-ring (bicyclic) bond motifs is 1. The van der Waals surface area contributed by atoms with Gasteiger partial charge in [-0.1, -0.05) is 164 Å². The van der Waals surface area contributed by atoms with Gasteiger partial charge >= 0.3 is 0 Å². The van der Waals surface area contributed by atoms with Crippen LogP contribution in [0.25, 0.3) is 44.2 Å². The Morgan fingerprint density at radius 3 is 0.963 bits per heavy atom. The second kappa shape index (κ2) is 14.8. The van der Waals surface area contributed by atoms with Gasteiger partial charge in [0.2, 0.25) is 0 Å². The van der Waals surface area contributed by atoms with Crippen LogP contribution in [0.3, 0.4) is 0 Å². The lowest BCUT2D eigenvalue weighted by Gasteiger charge is -2.27. The average Bonchev–Trinajstić information content (AvgIpc) is 3.26. The molecule has 0 fully saturated rings. The van der Waals surface area contributed by atoms with Gasteiger partial charge in [0.1, 0.15) is 0 Å². The predicted octanol–water partition coefficient (Wildman–Crippen LogP) is 14.8. The van der Waals surface area contributed by atoms with Crippen LogP contribution in [-0.2, 0) is 0 Å². The molecule has 0 aromatic heterocycles. The predicted molar refractivity (Wildman–Crippen MR) is 230 cm³/mol. The molecule has 0 spiro atoms. The molecule has 0 aliphatic heterocycles. The van der Waals surface area contributed by atoms with Crippen LogP contribution in [0.4, 0.5) is 34.1 Å². The summed E-state index contributed by atoms with van der Waals surface area (Å²) in [5.41, 5.74) is 13.9. The van der Waals surface area contributed by atoms with Gasteiger partial charge in [0.25, 0.3) is 0 Å². The summed E-state index contributed by atoms with van der Waals surface area (Å²) in [6.45, 7) is 0. The van der Waals surface area contributed by atoms with E-state index in [4.69, 9.17) is 0 Å². The first-order valence-electron chi connectivity index (χ1n) is 18.4. The standard InChI is InChI=1S/C52H38N2/c1-4-13-39(14-5-1)41-23-31-47(32-24-41)53(48-33-25-42(26-34-48)40-15-6-2-7-16-40)49-35-27-43(28-36-49)44-29-37-50(38-30-44)54(46-19-8-3-9-20-46)52-22-12-18-45-17-10-11-21-51(45)52/h1-38H. The Morgan fingerprint density at radius 2 is 0.519 bits per heavy atom. The van der Waals surface area contributed by atoms with E-state index >= 15 is 0 Å². The smallest absolute Gasteiger partial charge is 0.0540 e. The fraction of sp³-hybridized carbons (Fsp3) is 0. The number of hydrogen-bond donors (Lipinski definition) is 0. The SMILES string of the molecule is c1ccc(-c2ccc(N(c3ccc(-c4ccccc4)cc3)c3ccc(-c4ccc(N(c5ccccc5)c5cccc6ccccc56)cc4)cc3)cc2)cc1. The average molecular weight is 691 g/mol. The van der Waals surface area contributed by atoms with Crippen LogP contribution < -0.4 is 9.80 Å². The zero-order valence-electron chi connectivity index (χ0n) is 29.8. The molecule has 54 heavy (non-hydrogen) atoms. The highest BCUT2D eigenvalue weighted by atomic mass is 15.1. The fourth-order valence-corrected chi connectivity index (χ4v) is 7.33. The molecule has 9 aromatic rings. The molecule has 0 aliphatic rings. The summed E-state index contributed by atoms with van der Waals surface area (Å²) in [5, 5.41) is 2.44. The summed E-state index contributed by atoms with van der Waals surface area (Å²) >= 11 is 0. The van der Waals surface area contributed by atoms with E-state index in [9.17, 15) is 0 Å². The summed E-state index contributed by atoms with van der Waals surface area (Å²) in [6.07, 6.45) is 0. The molecule has 2 nitrogen and oxygen atoms in total. The van der Waals surface area contributed by atoms with Gasteiger partial charge < -0.3 is 9.80 Å². The van der Waals surface area contributed by atoms with E-state index in [0.29, 0.717) is 0 Å². The molecule has 0 aliphatic carbocycles. The summed E-state index contributed by atoms with van der Waals surface area (Å²) in [7, 11) is 0. The van der Waals surface area contributed by atoms with E-state index in [2.05, 4.69) is 240 Å². The third-order valence-electron chi connectivity index (χ3n) is 10.1. The summed E-state index contributed by atoms with van der Waals surface area (Å²) in [5.74, 6) is 0. The normalized spacial score (nSPS) is 11.0. The monoisotopic (exact) mass is 690 g/mol. The number of para-hydroxylation sites is 1. The highest BCUT2D eigenvalue weighted by Gasteiger charge is 2.16. The Balaban J connectivity index is 1.05. The first-order valence-corrected chi connectivity index (χ1v) is 18.4. The number of benzene rings is 9. The van der Waals surface area contributed by atoms with Gasteiger partial charge in [-0.25, -0.2) is 0 Å². The van der Waals surface area contributed by atoms with Gasteiger partial charge in [-0.15, -0.1) is 0 Å². The summed E-state index contributed by atoms with van der Waals surface area (Å²) in [6, 6.07) is 82.4. The number of rotatable bonds is 9. The van der Waals surface area contributed by atoms with Crippen molar-refractivity contribution in [1.29, 1.82) is 0 Å². The Labute approximate surface area is 317 Å². The maximum atomic E-state index is 2.35. The van der Waals surface area contributed by atoms with Gasteiger partial charge in [-0.05, 0) is 105 Å². The highest BCUT2D eigenvalue weighted by Crippen LogP contribution is 2.41. The maximum Gasteiger partial charge on any atom is 0.0540 e. The number of nitrogens with zero attached hydrogens (tertiary/aromatic N) is 2. The number of anilines is 6. The molecule has 0 heterocycles. The molecule has 0 unspecified atom stereocenters. The third kappa shape index (κ3) is 6.65. The molecular weight excluding hydrogens is 653 g/mol. The Kier molecular flexibility index (Phi) is 8.99. The molecular formula is C52H38N2. The van der Waals surface area contributed by atoms with Crippen LogP contribution in [0.15, 0.2) is 231 Å². The Morgan fingerprint density at radius 1 is 0.204 bits per heavy atom. The van der Waals surface area contributed by atoms with Crippen molar-refractivity contribution in [3.63, 3.8) is 0 Å². The second-order valence-corrected chi connectivity index (χ2v) is 13.4. The van der Waals surface area contributed by atoms with Crippen molar-refractivity contribution in [3.8, 4) is 33.4 Å². The van der Waals surface area contributed by atoms with Crippen LogP contribution in [0.1, 0.15) is 0 Å². The highest BCUT2D eigenvalue weighted by molar-refractivity contribution is 5.99. The third-order valence-corrected chi connectivity index (χ3v) is 10.1. The molecule has 0 amide bonds. The van der Waals surface area contributed by atoms with Crippen molar-refractivity contribution in [1.82, 2.24) is 0 Å². The molecule has 0 saturated carbocycles.